The fourth-order valence-corrected chi connectivity index (χ4v) is 17.2. The molecule has 34 nitrogen and oxygen atoms in total. The van der Waals surface area contributed by atoms with Crippen LogP contribution in [0.1, 0.15) is 67.2 Å². The van der Waals surface area contributed by atoms with Crippen molar-refractivity contribution in [1.82, 2.24) is 46.6 Å². The van der Waals surface area contributed by atoms with Crippen LogP contribution in [0.25, 0.3) is 0 Å². The zero-order valence-electron chi connectivity index (χ0n) is 67.7. The number of nitrogens with one attached hydrogen (secondary N) is 6. The minimum atomic E-state index is -2.67. The maximum Gasteiger partial charge on any atom is 0.500 e. The highest BCUT2D eigenvalue weighted by molar-refractivity contribution is 6.61. The van der Waals surface area contributed by atoms with Crippen molar-refractivity contribution in [2.75, 3.05) is 295 Å². The molecule has 0 bridgehead atoms. The van der Waals surface area contributed by atoms with Crippen LogP contribution >= 0.6 is 0 Å². The largest absolute Gasteiger partial charge is 0.500 e. The molecule has 0 heterocycles. The summed E-state index contributed by atoms with van der Waals surface area (Å²) in [6.45, 7) is 28.7. The Labute approximate surface area is 631 Å². The van der Waals surface area contributed by atoms with Gasteiger partial charge in [0, 0.05) is 280 Å². The van der Waals surface area contributed by atoms with Gasteiger partial charge in [0.25, 0.3) is 0 Å². The van der Waals surface area contributed by atoms with Gasteiger partial charge in [-0.05, 0) is 67.2 Å². The van der Waals surface area contributed by atoms with Crippen molar-refractivity contribution in [3.05, 3.63) is 0 Å². The number of hydrogen-bond donors (Lipinski definition) is 13. The molecule has 0 spiro atoms. The highest BCUT2D eigenvalue weighted by Gasteiger charge is 2.40. The molecule has 6 atom stereocenters. The van der Waals surface area contributed by atoms with Crippen LogP contribution in [-0.4, -0.2) is 424 Å². The highest BCUT2D eigenvalue weighted by atomic mass is 28.4. The minimum absolute atomic E-state index is 0.149. The highest BCUT2D eigenvalue weighted by Crippen LogP contribution is 2.19. The number of ether oxygens (including phenoxy) is 6. The maximum absolute atomic E-state index is 10.8. The van der Waals surface area contributed by atoms with E-state index in [0.717, 1.165) is 65.4 Å². The van der Waals surface area contributed by atoms with Crippen LogP contribution in [-0.2, 0) is 81.5 Å². The van der Waals surface area contributed by atoms with Crippen molar-refractivity contribution in [2.24, 2.45) is 5.73 Å². The summed E-state index contributed by atoms with van der Waals surface area (Å²) in [5.41, 5.74) is 5.05. The Balaban J connectivity index is 0. The first-order valence-electron chi connectivity index (χ1n) is 37.0. The second-order valence-electron chi connectivity index (χ2n) is 27.2. The molecule has 0 aromatic carbocycles. The van der Waals surface area contributed by atoms with Gasteiger partial charge in [0.2, 0.25) is 0 Å². The number of nitrogens with two attached hydrogens (primary N) is 1. The molecular weight excluding hydrogens is 1430 g/mol. The van der Waals surface area contributed by atoms with Gasteiger partial charge in [-0.3, -0.25) is 14.7 Å². The quantitative estimate of drug-likeness (QED) is 0.0239. The molecule has 38 heteroatoms. The number of aliphatic hydroxyl groups excluding tert-OH is 6. The molecule has 104 heavy (non-hydrogen) atoms. The third-order valence-electron chi connectivity index (χ3n) is 16.4. The van der Waals surface area contributed by atoms with E-state index >= 15 is 0 Å². The van der Waals surface area contributed by atoms with E-state index in [1.54, 1.807) is 85.3 Å². The van der Waals surface area contributed by atoms with Crippen molar-refractivity contribution >= 4 is 35.2 Å². The third kappa shape index (κ3) is 57.5. The molecule has 0 fully saturated rings. The van der Waals surface area contributed by atoms with E-state index in [1.807, 2.05) is 51.3 Å². The van der Waals surface area contributed by atoms with Crippen LogP contribution in [0.5, 0.6) is 0 Å². The van der Waals surface area contributed by atoms with Gasteiger partial charge in [-0.1, -0.05) is 0 Å². The number of aliphatic hydroxyl groups is 6. The lowest BCUT2D eigenvalue weighted by Crippen LogP contribution is -2.46. The Morgan fingerprint density at radius 3 is 0.788 bits per heavy atom. The Bertz CT molecular complexity index is 1770. The summed E-state index contributed by atoms with van der Waals surface area (Å²) < 4.78 is 99.8. The molecule has 0 radical (unpaired) electrons. The Morgan fingerprint density at radius 2 is 0.519 bits per heavy atom. The van der Waals surface area contributed by atoms with Gasteiger partial charge < -0.3 is 150 Å². The molecule has 0 aromatic heterocycles. The second-order valence-corrected chi connectivity index (χ2v) is 39.6. The summed E-state index contributed by atoms with van der Waals surface area (Å²) in [7, 11) is 8.33. The number of hydrogen-bond acceptors (Lipinski definition) is 34. The Hall–Kier alpha value is -0.492. The Morgan fingerprint density at radius 1 is 0.298 bits per heavy atom. The SMILES string of the molecule is CO[Si](CCCOCC(O)CN(CCNCCN(CCNCCN)CC(O)COC(C)(C)C)CC(O)COCCC[Si](OC)(OC)OC)(OC)OC.CO[Si](CCCOCC(O)CN(CCNCCNCCNCCNCC(O)COC(C)(C)C)CC(O)COCCC[Si](OC)(OC)OC)(OC)OC. The van der Waals surface area contributed by atoms with Crippen molar-refractivity contribution < 1.29 is 112 Å². The predicted molar refractivity (Wildman–Crippen MR) is 411 cm³/mol. The van der Waals surface area contributed by atoms with Crippen molar-refractivity contribution in [3.8, 4) is 0 Å². The fraction of sp³-hybridized carbons (Fsp3) is 1.00. The summed E-state index contributed by atoms with van der Waals surface area (Å²) in [6.07, 6.45) is -1.40. The first-order chi connectivity index (χ1) is 49.6. The molecule has 628 valence electrons. The van der Waals surface area contributed by atoms with Crippen LogP contribution in [0.15, 0.2) is 0 Å². The zero-order valence-corrected chi connectivity index (χ0v) is 71.7. The van der Waals surface area contributed by atoms with Crippen LogP contribution in [0, 0.1) is 0 Å². The van der Waals surface area contributed by atoms with Crippen LogP contribution in [0.2, 0.25) is 24.2 Å². The van der Waals surface area contributed by atoms with Gasteiger partial charge in [0.05, 0.1) is 87.5 Å². The van der Waals surface area contributed by atoms with E-state index in [1.165, 1.54) is 0 Å². The monoisotopic (exact) mass is 1580 g/mol. The van der Waals surface area contributed by atoms with Gasteiger partial charge in [-0.15, -0.1) is 0 Å². The van der Waals surface area contributed by atoms with Crippen molar-refractivity contribution in [2.45, 2.75) is 139 Å². The molecule has 0 aliphatic carbocycles. The molecule has 0 aliphatic heterocycles. The Kier molecular flexibility index (Phi) is 67.0. The van der Waals surface area contributed by atoms with E-state index in [4.69, 9.17) is 87.3 Å². The van der Waals surface area contributed by atoms with Gasteiger partial charge >= 0.3 is 35.2 Å². The lowest BCUT2D eigenvalue weighted by Gasteiger charge is -2.29. The van der Waals surface area contributed by atoms with E-state index in [2.05, 4.69) is 36.8 Å². The zero-order chi connectivity index (χ0) is 78.5. The third-order valence-corrected chi connectivity index (χ3v) is 27.7. The van der Waals surface area contributed by atoms with E-state index in [-0.39, 0.29) is 44.2 Å². The minimum Gasteiger partial charge on any atom is -0.389 e. The predicted octanol–water partition coefficient (Wildman–Crippen LogP) is -1.69. The standard InChI is InChI=1S/2C33H77N5O12Si2/c1-33(2,3)50-29-32(41)24-37(17-14-35-13-12-34)18-15-36-16-19-38(25-30(39)27-48-20-10-22-51(42-4,43-5)44-6)26-31(40)28-49-21-11-23-52(45-7,46-8)47-9;1-33(2,3)50-29-30(39)24-37-17-16-35-13-12-34-14-15-36-18-19-38(25-31(40)27-48-20-10-22-51(42-4,43-5)44-6)26-32(41)28-49-21-11-23-52(45-7,46-8)47-9/h30-32,35-36,39-41H,10-29,34H2,1-9H3;30-32,34-37,39-41H,10-29H2,1-9H3. The molecule has 0 amide bonds. The summed E-state index contributed by atoms with van der Waals surface area (Å²) in [5.74, 6) is 0. The van der Waals surface area contributed by atoms with Crippen LogP contribution < -0.4 is 37.6 Å². The van der Waals surface area contributed by atoms with E-state index in [9.17, 15) is 30.6 Å². The van der Waals surface area contributed by atoms with Crippen molar-refractivity contribution in [1.29, 1.82) is 0 Å². The molecule has 6 unspecified atom stereocenters. The molecule has 0 saturated carbocycles. The van der Waals surface area contributed by atoms with Crippen molar-refractivity contribution in [3.63, 3.8) is 0 Å². The molecule has 0 rings (SSSR count). The van der Waals surface area contributed by atoms with Crippen LogP contribution in [0.4, 0.5) is 0 Å². The molecule has 0 aliphatic rings. The van der Waals surface area contributed by atoms with E-state index in [0.29, 0.717) is 161 Å². The average molecular weight is 1580 g/mol. The summed E-state index contributed by atoms with van der Waals surface area (Å²) >= 11 is 0. The summed E-state index contributed by atoms with van der Waals surface area (Å²) in [5, 5.41) is 84.1. The first kappa shape index (κ1) is 106. The van der Waals surface area contributed by atoms with Gasteiger partial charge in [0.15, 0.2) is 0 Å². The lowest BCUT2D eigenvalue weighted by molar-refractivity contribution is -0.0559. The van der Waals surface area contributed by atoms with Gasteiger partial charge in [0.1, 0.15) is 0 Å². The maximum atomic E-state index is 10.8. The van der Waals surface area contributed by atoms with E-state index < -0.39 is 71.8 Å². The topological polar surface area (TPSA) is 395 Å². The lowest BCUT2D eigenvalue weighted by atomic mass is 10.2. The number of rotatable bonds is 75. The number of nitrogens with zero attached hydrogens (tertiary/aromatic N) is 3. The van der Waals surface area contributed by atoms with Crippen LogP contribution in [0.3, 0.4) is 0 Å². The summed E-state index contributed by atoms with van der Waals surface area (Å²) in [4.78, 5) is 6.23. The second kappa shape index (κ2) is 66.0. The van der Waals surface area contributed by atoms with Gasteiger partial charge in [-0.25, -0.2) is 0 Å². The molecule has 0 saturated heterocycles. The van der Waals surface area contributed by atoms with Gasteiger partial charge in [-0.2, -0.15) is 0 Å². The smallest absolute Gasteiger partial charge is 0.389 e. The normalized spacial score (nSPS) is 14.8. The fourth-order valence-electron chi connectivity index (χ4n) is 10.5. The average Bonchev–Trinajstić information content (AvgIpc) is 0.913. The molecular formula is C66H154N10O24Si4. The molecule has 0 aromatic rings. The summed E-state index contributed by atoms with van der Waals surface area (Å²) in [6, 6.07) is 2.44. The molecule has 14 N–H and O–H groups in total. The first-order valence-corrected chi connectivity index (χ1v) is 44.7.